The Hall–Kier alpha value is -1.79. The van der Waals surface area contributed by atoms with E-state index in [0.29, 0.717) is 18.3 Å². The normalized spacial score (nSPS) is 19.0. The lowest BCUT2D eigenvalue weighted by Gasteiger charge is -2.33. The lowest BCUT2D eigenvalue weighted by molar-refractivity contribution is 0.0426. The first kappa shape index (κ1) is 23.9. The van der Waals surface area contributed by atoms with Crippen LogP contribution in [0.25, 0.3) is 0 Å². The number of carbonyl (C=O) groups is 1. The van der Waals surface area contributed by atoms with Crippen molar-refractivity contribution < 1.29 is 14.3 Å². The van der Waals surface area contributed by atoms with Crippen LogP contribution in [0.5, 0.6) is 5.75 Å². The number of hydrogen-bond acceptors (Lipinski definition) is 5. The van der Waals surface area contributed by atoms with E-state index in [1.165, 1.54) is 57.8 Å². The molecule has 0 bridgehead atoms. The van der Waals surface area contributed by atoms with Gasteiger partial charge in [-0.3, -0.25) is 15.5 Å². The second-order valence-corrected chi connectivity index (χ2v) is 8.97. The summed E-state index contributed by atoms with van der Waals surface area (Å²) < 4.78 is 11.7. The Morgan fingerprint density at radius 1 is 1.10 bits per heavy atom. The molecule has 1 aliphatic heterocycles. The highest BCUT2D eigenvalue weighted by Crippen LogP contribution is 2.20. The van der Waals surface area contributed by atoms with Gasteiger partial charge in [0.25, 0.3) is 0 Å². The number of hydrogen-bond donors (Lipinski definition) is 2. The summed E-state index contributed by atoms with van der Waals surface area (Å²) >= 11 is 0. The Labute approximate surface area is 188 Å². The average molecular weight is 432 g/mol. The molecule has 0 aromatic heterocycles. The highest BCUT2D eigenvalue weighted by Gasteiger charge is 2.24. The third-order valence-corrected chi connectivity index (χ3v) is 6.25. The molecule has 2 fully saturated rings. The molecular weight excluding hydrogens is 390 g/mol. The maximum Gasteiger partial charge on any atom is 0.413 e. The minimum absolute atomic E-state index is 0.283. The Bertz CT molecular complexity index is 623. The van der Waals surface area contributed by atoms with E-state index in [2.05, 4.69) is 22.5 Å². The molecule has 2 aliphatic rings. The smallest absolute Gasteiger partial charge is 0.413 e. The summed E-state index contributed by atoms with van der Waals surface area (Å²) in [4.78, 5) is 15.1. The Morgan fingerprint density at radius 2 is 1.87 bits per heavy atom. The standard InChI is InChI=1S/C25H41N3O3/c1-2-3-10-18-30-23-15-11-14-22(19-23)27-25(29)31-24(20-28-16-8-5-9-17-28)26-21-12-6-4-7-13-21/h11,14-15,19,21,24,26H,2-10,12-13,16-18,20H2,1H3,(H,27,29)/t24-/m0/s1. The fraction of sp³-hybridized carbons (Fsp3) is 0.720. The van der Waals surface area contributed by atoms with Crippen LogP contribution in [0.1, 0.15) is 77.6 Å². The Morgan fingerprint density at radius 3 is 2.65 bits per heavy atom. The molecule has 3 rings (SSSR count). The number of carbonyl (C=O) groups excluding carboxylic acids is 1. The molecule has 1 atom stereocenters. The zero-order valence-corrected chi connectivity index (χ0v) is 19.2. The number of benzene rings is 1. The number of piperidine rings is 1. The van der Waals surface area contributed by atoms with Crippen LogP contribution >= 0.6 is 0 Å². The van der Waals surface area contributed by atoms with Crippen molar-refractivity contribution in [2.75, 3.05) is 31.6 Å². The molecule has 1 heterocycles. The van der Waals surface area contributed by atoms with Crippen molar-refractivity contribution in [3.63, 3.8) is 0 Å². The van der Waals surface area contributed by atoms with Crippen LogP contribution < -0.4 is 15.4 Å². The molecule has 2 N–H and O–H groups in total. The molecule has 1 saturated heterocycles. The zero-order chi connectivity index (χ0) is 21.7. The summed E-state index contributed by atoms with van der Waals surface area (Å²) in [6.07, 6.45) is 12.6. The SMILES string of the molecule is CCCCCOc1cccc(NC(=O)O[C@@H](CN2CCCCC2)NC2CCCCC2)c1. The minimum Gasteiger partial charge on any atom is -0.494 e. The van der Waals surface area contributed by atoms with E-state index < -0.39 is 6.09 Å². The van der Waals surface area contributed by atoms with Gasteiger partial charge in [-0.1, -0.05) is 51.5 Å². The summed E-state index contributed by atoms with van der Waals surface area (Å²) in [5, 5.41) is 6.51. The van der Waals surface area contributed by atoms with E-state index in [1.807, 2.05) is 24.3 Å². The van der Waals surface area contributed by atoms with Crippen LogP contribution in [0.15, 0.2) is 24.3 Å². The summed E-state index contributed by atoms with van der Waals surface area (Å²) in [6, 6.07) is 7.99. The number of ether oxygens (including phenoxy) is 2. The average Bonchev–Trinajstić information content (AvgIpc) is 2.78. The zero-order valence-electron chi connectivity index (χ0n) is 19.2. The maximum atomic E-state index is 12.7. The predicted octanol–water partition coefficient (Wildman–Crippen LogP) is 5.54. The third-order valence-electron chi connectivity index (χ3n) is 6.25. The molecule has 1 amide bonds. The third kappa shape index (κ3) is 9.08. The van der Waals surface area contributed by atoms with Gasteiger partial charge in [-0.2, -0.15) is 0 Å². The topological polar surface area (TPSA) is 62.8 Å². The van der Waals surface area contributed by atoms with Crippen molar-refractivity contribution in [3.05, 3.63) is 24.3 Å². The van der Waals surface area contributed by atoms with Crippen LogP contribution in [-0.4, -0.2) is 49.5 Å². The van der Waals surface area contributed by atoms with Crippen LogP contribution in [0.2, 0.25) is 0 Å². The van der Waals surface area contributed by atoms with Gasteiger partial charge >= 0.3 is 6.09 Å². The van der Waals surface area contributed by atoms with E-state index in [1.54, 1.807) is 0 Å². The van der Waals surface area contributed by atoms with E-state index in [-0.39, 0.29) is 6.23 Å². The van der Waals surface area contributed by atoms with Crippen LogP contribution in [0.4, 0.5) is 10.5 Å². The largest absolute Gasteiger partial charge is 0.494 e. The number of likely N-dealkylation sites (tertiary alicyclic amines) is 1. The number of rotatable bonds is 11. The van der Waals surface area contributed by atoms with Gasteiger partial charge in [0.15, 0.2) is 6.23 Å². The first-order valence-electron chi connectivity index (χ1n) is 12.4. The van der Waals surface area contributed by atoms with Gasteiger partial charge in [0.05, 0.1) is 6.61 Å². The van der Waals surface area contributed by atoms with Crippen LogP contribution in [0, 0.1) is 0 Å². The lowest BCUT2D eigenvalue weighted by atomic mass is 9.95. The van der Waals surface area contributed by atoms with E-state index in [9.17, 15) is 4.79 Å². The van der Waals surface area contributed by atoms with E-state index in [0.717, 1.165) is 38.2 Å². The number of nitrogens with one attached hydrogen (secondary N) is 2. The highest BCUT2D eigenvalue weighted by atomic mass is 16.6. The van der Waals surface area contributed by atoms with E-state index in [4.69, 9.17) is 9.47 Å². The summed E-state index contributed by atoms with van der Waals surface area (Å²) in [5.41, 5.74) is 0.701. The maximum absolute atomic E-state index is 12.7. The molecule has 1 saturated carbocycles. The predicted molar refractivity (Wildman–Crippen MR) is 126 cm³/mol. The van der Waals surface area contributed by atoms with Crippen molar-refractivity contribution in [3.8, 4) is 5.75 Å². The van der Waals surface area contributed by atoms with Gasteiger partial charge < -0.3 is 9.47 Å². The Balaban J connectivity index is 1.52. The fourth-order valence-corrected chi connectivity index (χ4v) is 4.51. The van der Waals surface area contributed by atoms with Gasteiger partial charge in [-0.15, -0.1) is 0 Å². The van der Waals surface area contributed by atoms with Gasteiger partial charge in [0.1, 0.15) is 5.75 Å². The lowest BCUT2D eigenvalue weighted by Crippen LogP contribution is -2.50. The summed E-state index contributed by atoms with van der Waals surface area (Å²) in [6.45, 7) is 5.81. The van der Waals surface area contributed by atoms with Crippen molar-refractivity contribution in [1.29, 1.82) is 0 Å². The molecule has 1 aromatic carbocycles. The van der Waals surface area contributed by atoms with Gasteiger partial charge in [-0.25, -0.2) is 4.79 Å². The molecule has 0 unspecified atom stereocenters. The first-order chi connectivity index (χ1) is 15.2. The van der Waals surface area contributed by atoms with Crippen LogP contribution in [-0.2, 0) is 4.74 Å². The molecule has 1 aliphatic carbocycles. The minimum atomic E-state index is -0.409. The van der Waals surface area contributed by atoms with Crippen molar-refractivity contribution >= 4 is 11.8 Å². The highest BCUT2D eigenvalue weighted by molar-refractivity contribution is 5.84. The fourth-order valence-electron chi connectivity index (χ4n) is 4.51. The quantitative estimate of drug-likeness (QED) is 0.356. The first-order valence-corrected chi connectivity index (χ1v) is 12.4. The number of unbranched alkanes of at least 4 members (excludes halogenated alkanes) is 2. The van der Waals surface area contributed by atoms with Gasteiger partial charge in [-0.05, 0) is 57.3 Å². The molecule has 0 spiro atoms. The molecule has 6 nitrogen and oxygen atoms in total. The summed E-state index contributed by atoms with van der Waals surface area (Å²) in [7, 11) is 0. The molecule has 1 aromatic rings. The number of nitrogens with zero attached hydrogens (tertiary/aromatic N) is 1. The Kier molecular flexibility index (Phi) is 10.5. The second-order valence-electron chi connectivity index (χ2n) is 8.97. The molecule has 0 radical (unpaired) electrons. The van der Waals surface area contributed by atoms with Gasteiger partial charge in [0, 0.05) is 24.3 Å². The molecule has 174 valence electrons. The second kappa shape index (κ2) is 13.6. The van der Waals surface area contributed by atoms with Crippen molar-refractivity contribution in [2.24, 2.45) is 0 Å². The van der Waals surface area contributed by atoms with Gasteiger partial charge in [0.2, 0.25) is 0 Å². The molecule has 6 heteroatoms. The van der Waals surface area contributed by atoms with Crippen LogP contribution in [0.3, 0.4) is 0 Å². The molecule has 31 heavy (non-hydrogen) atoms. The molecular formula is C25H41N3O3. The number of anilines is 1. The summed E-state index contributed by atoms with van der Waals surface area (Å²) in [5.74, 6) is 0.777. The van der Waals surface area contributed by atoms with E-state index >= 15 is 0 Å². The number of amides is 1. The monoisotopic (exact) mass is 431 g/mol. The van der Waals surface area contributed by atoms with Crippen molar-refractivity contribution in [2.45, 2.75) is 89.8 Å². The van der Waals surface area contributed by atoms with Crippen molar-refractivity contribution in [1.82, 2.24) is 10.2 Å².